The van der Waals surface area contributed by atoms with Crippen LogP contribution in [0.5, 0.6) is 0 Å². The molecule has 0 aromatic carbocycles. The van der Waals surface area contributed by atoms with Crippen LogP contribution in [0.3, 0.4) is 0 Å². The molecule has 19 heavy (non-hydrogen) atoms. The predicted octanol–water partition coefficient (Wildman–Crippen LogP) is 3.58. The van der Waals surface area contributed by atoms with Crippen molar-refractivity contribution in [2.45, 2.75) is 37.0 Å². The highest BCUT2D eigenvalue weighted by Gasteiger charge is 2.21. The molecule has 0 amide bonds. The van der Waals surface area contributed by atoms with Crippen LogP contribution in [0.15, 0.2) is 22.8 Å². The zero-order valence-corrected chi connectivity index (χ0v) is 13.2. The molecule has 1 saturated carbocycles. The fourth-order valence-electron chi connectivity index (χ4n) is 2.56. The lowest BCUT2D eigenvalue weighted by Gasteiger charge is -2.27. The molecular weight excluding hydrogens is 324 g/mol. The summed E-state index contributed by atoms with van der Waals surface area (Å²) in [5.74, 6) is 0.736. The largest absolute Gasteiger partial charge is 0.350 e. The van der Waals surface area contributed by atoms with Gasteiger partial charge in [0.2, 0.25) is 5.95 Å². The van der Waals surface area contributed by atoms with E-state index in [2.05, 4.69) is 37.6 Å². The molecule has 0 atom stereocenters. The number of hydrogen-bond acceptors (Lipinski definition) is 4. The molecule has 0 unspecified atom stereocenters. The summed E-state index contributed by atoms with van der Waals surface area (Å²) in [6.07, 6.45) is 9.12. The summed E-state index contributed by atoms with van der Waals surface area (Å²) in [4.78, 5) is 4.53. The van der Waals surface area contributed by atoms with Crippen LogP contribution in [-0.4, -0.2) is 32.1 Å². The van der Waals surface area contributed by atoms with Gasteiger partial charge in [-0.15, -0.1) is 5.10 Å². The molecule has 0 bridgehead atoms. The average Bonchev–Trinajstić information content (AvgIpc) is 2.84. The minimum absolute atomic E-state index is 0.514. The topological polar surface area (TPSA) is 42.2 Å². The molecular formula is C13H17BrN4S. The van der Waals surface area contributed by atoms with Gasteiger partial charge < -0.3 is 5.32 Å². The average molecular weight is 341 g/mol. The van der Waals surface area contributed by atoms with Crippen LogP contribution < -0.4 is 5.32 Å². The normalized spacial score (nSPS) is 23.7. The summed E-state index contributed by atoms with van der Waals surface area (Å²) in [5.41, 5.74) is 0.864. The lowest BCUT2D eigenvalue weighted by Crippen LogP contribution is -2.27. The first-order valence-electron chi connectivity index (χ1n) is 6.56. The van der Waals surface area contributed by atoms with Crippen LogP contribution in [0.25, 0.3) is 5.65 Å². The second kappa shape index (κ2) is 5.71. The Labute approximate surface area is 125 Å². The van der Waals surface area contributed by atoms with E-state index in [4.69, 9.17) is 0 Å². The summed E-state index contributed by atoms with van der Waals surface area (Å²) in [6.45, 7) is 0. The van der Waals surface area contributed by atoms with E-state index in [-0.39, 0.29) is 0 Å². The molecule has 2 aromatic rings. The van der Waals surface area contributed by atoms with Gasteiger partial charge in [-0.3, -0.25) is 0 Å². The van der Waals surface area contributed by atoms with Gasteiger partial charge in [0, 0.05) is 17.5 Å². The minimum Gasteiger partial charge on any atom is -0.350 e. The first-order valence-corrected chi connectivity index (χ1v) is 8.64. The Balaban J connectivity index is 1.70. The maximum Gasteiger partial charge on any atom is 0.243 e. The maximum atomic E-state index is 4.53. The molecule has 2 heterocycles. The summed E-state index contributed by atoms with van der Waals surface area (Å²) >= 11 is 5.49. The van der Waals surface area contributed by atoms with Crippen LogP contribution in [0.2, 0.25) is 0 Å². The van der Waals surface area contributed by atoms with Crippen LogP contribution in [0.1, 0.15) is 25.7 Å². The van der Waals surface area contributed by atoms with Crippen molar-refractivity contribution >= 4 is 39.3 Å². The molecule has 1 fully saturated rings. The Morgan fingerprint density at radius 3 is 2.84 bits per heavy atom. The van der Waals surface area contributed by atoms with Gasteiger partial charge >= 0.3 is 0 Å². The molecule has 4 nitrogen and oxygen atoms in total. The number of nitrogens with zero attached hydrogens (tertiary/aromatic N) is 3. The molecule has 102 valence electrons. The molecule has 1 aliphatic rings. The van der Waals surface area contributed by atoms with E-state index in [0.717, 1.165) is 21.3 Å². The first-order chi connectivity index (χ1) is 9.26. The Hall–Kier alpha value is -0.750. The number of halogens is 1. The third kappa shape index (κ3) is 2.89. The van der Waals surface area contributed by atoms with Crippen LogP contribution in [0, 0.1) is 0 Å². The Morgan fingerprint density at radius 2 is 2.16 bits per heavy atom. The summed E-state index contributed by atoms with van der Waals surface area (Å²) in [7, 11) is 0. The van der Waals surface area contributed by atoms with Gasteiger partial charge in [0.05, 0.1) is 4.47 Å². The highest BCUT2D eigenvalue weighted by molar-refractivity contribution is 9.10. The molecule has 0 radical (unpaired) electrons. The number of rotatable bonds is 3. The van der Waals surface area contributed by atoms with E-state index < -0.39 is 0 Å². The first kappa shape index (κ1) is 13.2. The van der Waals surface area contributed by atoms with Crippen molar-refractivity contribution in [3.05, 3.63) is 22.8 Å². The van der Waals surface area contributed by atoms with E-state index in [1.54, 1.807) is 4.52 Å². The predicted molar refractivity (Wildman–Crippen MR) is 83.9 cm³/mol. The maximum absolute atomic E-state index is 4.53. The zero-order chi connectivity index (χ0) is 13.2. The lowest BCUT2D eigenvalue weighted by atomic mass is 9.95. The van der Waals surface area contributed by atoms with Gasteiger partial charge in [0.15, 0.2) is 5.65 Å². The number of aromatic nitrogens is 3. The van der Waals surface area contributed by atoms with Gasteiger partial charge in [-0.25, -0.2) is 4.52 Å². The summed E-state index contributed by atoms with van der Waals surface area (Å²) < 4.78 is 2.78. The Morgan fingerprint density at radius 1 is 1.37 bits per heavy atom. The number of nitrogens with one attached hydrogen (secondary N) is 1. The molecule has 2 aromatic heterocycles. The number of hydrogen-bond donors (Lipinski definition) is 1. The second-order valence-electron chi connectivity index (χ2n) is 4.91. The van der Waals surface area contributed by atoms with Crippen LogP contribution >= 0.6 is 27.7 Å². The van der Waals surface area contributed by atoms with Crippen molar-refractivity contribution in [3.8, 4) is 0 Å². The second-order valence-corrected chi connectivity index (χ2v) is 6.91. The number of thioether (sulfide) groups is 1. The highest BCUT2D eigenvalue weighted by Crippen LogP contribution is 2.28. The van der Waals surface area contributed by atoms with Crippen molar-refractivity contribution in [2.24, 2.45) is 0 Å². The van der Waals surface area contributed by atoms with Crippen molar-refractivity contribution in [1.29, 1.82) is 0 Å². The van der Waals surface area contributed by atoms with E-state index in [1.165, 1.54) is 25.7 Å². The van der Waals surface area contributed by atoms with Gasteiger partial charge in [-0.2, -0.15) is 16.7 Å². The monoisotopic (exact) mass is 340 g/mol. The molecule has 1 aliphatic carbocycles. The Bertz CT molecular complexity index is 563. The van der Waals surface area contributed by atoms with Crippen molar-refractivity contribution in [1.82, 2.24) is 14.6 Å². The van der Waals surface area contributed by atoms with E-state index in [0.29, 0.717) is 6.04 Å². The molecule has 1 N–H and O–H groups in total. The van der Waals surface area contributed by atoms with Crippen molar-refractivity contribution in [3.63, 3.8) is 0 Å². The van der Waals surface area contributed by atoms with Crippen LogP contribution in [0.4, 0.5) is 5.95 Å². The number of fused-ring (bicyclic) bond motifs is 1. The fourth-order valence-corrected chi connectivity index (χ4v) is 3.73. The third-order valence-corrected chi connectivity index (χ3v) is 5.41. The lowest BCUT2D eigenvalue weighted by molar-refractivity contribution is 0.471. The molecule has 0 spiro atoms. The van der Waals surface area contributed by atoms with Gasteiger partial charge in [0.25, 0.3) is 0 Å². The molecule has 3 rings (SSSR count). The molecule has 6 heteroatoms. The molecule has 0 aliphatic heterocycles. The Kier molecular flexibility index (Phi) is 3.98. The van der Waals surface area contributed by atoms with Crippen LogP contribution in [-0.2, 0) is 0 Å². The van der Waals surface area contributed by atoms with Gasteiger partial charge in [-0.05, 0) is 60.0 Å². The van der Waals surface area contributed by atoms with Crippen molar-refractivity contribution in [2.75, 3.05) is 11.6 Å². The SMILES string of the molecule is CSC1CCC(Nc2nc3c(Br)cccn3n2)CC1. The van der Waals surface area contributed by atoms with Gasteiger partial charge in [0.1, 0.15) is 0 Å². The smallest absolute Gasteiger partial charge is 0.243 e. The highest BCUT2D eigenvalue weighted by atomic mass is 79.9. The zero-order valence-electron chi connectivity index (χ0n) is 10.8. The fraction of sp³-hybridized carbons (Fsp3) is 0.538. The number of pyridine rings is 1. The van der Waals surface area contributed by atoms with E-state index in [9.17, 15) is 0 Å². The summed E-state index contributed by atoms with van der Waals surface area (Å²) in [6, 6.07) is 4.45. The van der Waals surface area contributed by atoms with E-state index in [1.807, 2.05) is 30.1 Å². The van der Waals surface area contributed by atoms with Gasteiger partial charge in [-0.1, -0.05) is 0 Å². The van der Waals surface area contributed by atoms with Crippen molar-refractivity contribution < 1.29 is 0 Å². The summed E-state index contributed by atoms with van der Waals surface area (Å²) in [5, 5.41) is 8.77. The molecule has 0 saturated heterocycles. The standard InChI is InChI=1S/C13H17BrN4S/c1-19-10-6-4-9(5-7-10)15-13-16-12-11(14)3-2-8-18(12)17-13/h2-3,8-10H,4-7H2,1H3,(H,15,17). The third-order valence-electron chi connectivity index (χ3n) is 3.66. The minimum atomic E-state index is 0.514. The number of anilines is 1. The quantitative estimate of drug-likeness (QED) is 0.927. The van der Waals surface area contributed by atoms with E-state index >= 15 is 0 Å².